The van der Waals surface area contributed by atoms with Gasteiger partial charge in [-0.2, -0.15) is 0 Å². The molecule has 8 rings (SSSR count). The Morgan fingerprint density at radius 2 is 1.85 bits per heavy atom. The molecule has 2 bridgehead atoms. The molecule has 1 aromatic carbocycles. The number of carbonyl (C=O) groups is 6. The van der Waals surface area contributed by atoms with Gasteiger partial charge in [-0.05, 0) is 88.9 Å². The molecular weight excluding hydrogens is 789 g/mol. The van der Waals surface area contributed by atoms with Crippen LogP contribution in [0.2, 0.25) is 0 Å². The minimum atomic E-state index is -3.96. The number of hydrogen-bond donors (Lipinski definition) is 3. The number of rotatable bonds is 14. The Hall–Kier alpha value is -5.46. The zero-order valence-electron chi connectivity index (χ0n) is 33.4. The Morgan fingerprint density at radius 3 is 2.49 bits per heavy atom. The van der Waals surface area contributed by atoms with Crippen LogP contribution in [0.25, 0.3) is 10.8 Å². The highest BCUT2D eigenvalue weighted by molar-refractivity contribution is 7.91. The minimum absolute atomic E-state index is 0.0784. The van der Waals surface area contributed by atoms with E-state index in [2.05, 4.69) is 26.9 Å². The Labute approximate surface area is 341 Å². The number of aromatic nitrogens is 1. The van der Waals surface area contributed by atoms with E-state index in [-0.39, 0.29) is 44.7 Å². The second kappa shape index (κ2) is 16.0. The lowest BCUT2D eigenvalue weighted by atomic mass is 9.95. The molecule has 19 heteroatoms. The topological polar surface area (TPSA) is 229 Å². The predicted octanol–water partition coefficient (Wildman–Crippen LogP) is 1.85. The number of nitrogens with one attached hydrogen (secondary N) is 3. The van der Waals surface area contributed by atoms with Crippen LogP contribution < -0.4 is 24.8 Å². The number of piperidine rings is 1. The number of amides is 5. The maximum absolute atomic E-state index is 14.7. The van der Waals surface area contributed by atoms with E-state index in [0.717, 1.165) is 5.39 Å². The number of carbonyl (C=O) groups excluding carboxylic acids is 6. The maximum atomic E-state index is 14.7. The smallest absolute Gasteiger partial charge is 0.408 e. The third kappa shape index (κ3) is 8.94. The molecule has 7 atom stereocenters. The van der Waals surface area contributed by atoms with Gasteiger partial charge in [-0.15, -0.1) is 6.58 Å². The largest absolute Gasteiger partial charge is 0.497 e. The number of benzene rings is 1. The number of likely N-dealkylation sites (tertiary alicyclic amines) is 1. The first-order valence-corrected chi connectivity index (χ1v) is 21.4. The molecule has 318 valence electrons. The first-order chi connectivity index (χ1) is 27.9. The summed E-state index contributed by atoms with van der Waals surface area (Å²) in [4.78, 5) is 89.0. The number of methoxy groups -OCH3 is 1. The number of fused-ring (bicyclic) bond motifs is 4. The predicted molar refractivity (Wildman–Crippen MR) is 209 cm³/mol. The highest BCUT2D eigenvalue weighted by Gasteiger charge is 2.62. The molecule has 2 aliphatic carbocycles. The molecule has 2 saturated carbocycles. The van der Waals surface area contributed by atoms with Crippen molar-refractivity contribution < 1.29 is 56.1 Å². The van der Waals surface area contributed by atoms with Gasteiger partial charge >= 0.3 is 12.1 Å². The van der Waals surface area contributed by atoms with Crippen molar-refractivity contribution in [3.05, 3.63) is 43.1 Å². The summed E-state index contributed by atoms with van der Waals surface area (Å²) in [5.74, 6) is -3.06. The number of pyridine rings is 1. The molecule has 3 N–H and O–H groups in total. The third-order valence-electron chi connectivity index (χ3n) is 11.4. The van der Waals surface area contributed by atoms with Crippen LogP contribution in [0.4, 0.5) is 4.79 Å². The van der Waals surface area contributed by atoms with Crippen LogP contribution in [0.1, 0.15) is 72.1 Å². The molecule has 5 heterocycles. The van der Waals surface area contributed by atoms with Crippen molar-refractivity contribution in [3.8, 4) is 11.6 Å². The van der Waals surface area contributed by atoms with E-state index in [4.69, 9.17) is 18.9 Å². The van der Waals surface area contributed by atoms with Gasteiger partial charge in [0.2, 0.25) is 33.6 Å². The molecule has 4 saturated heterocycles. The monoisotopic (exact) mass is 838 g/mol. The van der Waals surface area contributed by atoms with Gasteiger partial charge in [-0.3, -0.25) is 23.9 Å². The molecule has 2 aromatic rings. The lowest BCUT2D eigenvalue weighted by Crippen LogP contribution is -2.59. The highest BCUT2D eigenvalue weighted by Crippen LogP contribution is 2.45. The van der Waals surface area contributed by atoms with Crippen molar-refractivity contribution in [3.63, 3.8) is 0 Å². The molecule has 5 amide bonds. The first-order valence-electron chi connectivity index (χ1n) is 19.8. The van der Waals surface area contributed by atoms with Gasteiger partial charge < -0.3 is 39.4 Å². The second-order valence-corrected chi connectivity index (χ2v) is 18.8. The van der Waals surface area contributed by atoms with Crippen LogP contribution in [0.15, 0.2) is 43.1 Å². The number of sulfonamides is 1. The van der Waals surface area contributed by atoms with E-state index in [1.807, 2.05) is 0 Å². The third-order valence-corrected chi connectivity index (χ3v) is 13.2. The lowest BCUT2D eigenvalue weighted by Gasteiger charge is -2.43. The zero-order chi connectivity index (χ0) is 42.4. The van der Waals surface area contributed by atoms with Crippen LogP contribution in [-0.4, -0.2) is 126 Å². The fourth-order valence-corrected chi connectivity index (χ4v) is 9.38. The lowest BCUT2D eigenvalue weighted by molar-refractivity contribution is -0.181. The molecular formula is C40H50N6O12S. The van der Waals surface area contributed by atoms with Crippen molar-refractivity contribution in [2.45, 2.75) is 119 Å². The Balaban J connectivity index is 1.16. The molecule has 0 spiro atoms. The van der Waals surface area contributed by atoms with Gasteiger partial charge in [0.05, 0.1) is 25.4 Å². The van der Waals surface area contributed by atoms with Crippen LogP contribution in [0.3, 0.4) is 0 Å². The average molecular weight is 839 g/mol. The molecule has 0 radical (unpaired) electrons. The summed E-state index contributed by atoms with van der Waals surface area (Å²) < 4.78 is 50.2. The SMILES string of the molecule is C=CC1C[C@]1(NC(=O)[C@@H]1CC(Oc2nccc3cc(OC)ccc23)CN1C(=O)[C@H](CCC(=O)N1C[C@@H]2CC[C@H]1C(=O)O2)NC(=O)OC(C)(C)C)C(=O)NS(=O)(=O)C1CC1. The van der Waals surface area contributed by atoms with Crippen LogP contribution >= 0.6 is 0 Å². The molecule has 59 heavy (non-hydrogen) atoms. The van der Waals surface area contributed by atoms with E-state index in [1.165, 1.54) is 15.9 Å². The molecule has 1 aromatic heterocycles. The quantitative estimate of drug-likeness (QED) is 0.183. The zero-order valence-corrected chi connectivity index (χ0v) is 34.2. The Bertz CT molecular complexity index is 2170. The van der Waals surface area contributed by atoms with E-state index in [1.54, 1.807) is 58.3 Å². The van der Waals surface area contributed by atoms with Crippen molar-refractivity contribution in [1.82, 2.24) is 30.1 Å². The molecule has 6 aliphatic rings. The number of esters is 1. The van der Waals surface area contributed by atoms with E-state index >= 15 is 0 Å². The molecule has 2 unspecified atom stereocenters. The second-order valence-electron chi connectivity index (χ2n) is 16.8. The fourth-order valence-electron chi connectivity index (χ4n) is 8.02. The fraction of sp³-hybridized carbons (Fsp3) is 0.575. The van der Waals surface area contributed by atoms with E-state index < -0.39 is 98.4 Å². The van der Waals surface area contributed by atoms with Gasteiger partial charge in [-0.25, -0.2) is 23.0 Å². The molecule has 18 nitrogen and oxygen atoms in total. The van der Waals surface area contributed by atoms with Crippen molar-refractivity contribution in [2.24, 2.45) is 5.92 Å². The number of alkyl carbamates (subject to hydrolysis) is 1. The minimum Gasteiger partial charge on any atom is -0.497 e. The van der Waals surface area contributed by atoms with Crippen molar-refractivity contribution in [1.29, 1.82) is 0 Å². The van der Waals surface area contributed by atoms with Crippen LogP contribution in [0, 0.1) is 5.92 Å². The molecule has 4 aliphatic heterocycles. The summed E-state index contributed by atoms with van der Waals surface area (Å²) in [7, 11) is -2.42. The summed E-state index contributed by atoms with van der Waals surface area (Å²) in [5, 5.41) is 6.04. The summed E-state index contributed by atoms with van der Waals surface area (Å²) in [6.45, 7) is 8.75. The normalized spacial score (nSPS) is 26.6. The molecule has 6 fully saturated rings. The summed E-state index contributed by atoms with van der Waals surface area (Å²) in [5.41, 5.74) is -2.58. The number of ether oxygens (including phenoxy) is 4. The standard InChI is InChI=1S/C40H50N6O12S/c1-6-23-19-40(23,37(51)44-59(53,54)27-9-10-27)43-33(48)31-18-26(56-34-28-11-7-24(55-5)17-22(28)15-16-41-34)21-46(31)35(49)29(42-38(52)58-39(2,3)4)12-14-32(47)45-20-25-8-13-30(45)36(50)57-25/h6-7,11,15-17,23,25-27,29-31H,1,8-10,12-14,18-21H2,2-5H3,(H,42,52)(H,43,48)(H,44,51)/t23?,25-,26?,29-,30-,31-,40+/m0/s1. The number of morpholine rings is 1. The van der Waals surface area contributed by atoms with Crippen LogP contribution in [0.5, 0.6) is 11.6 Å². The first kappa shape index (κ1) is 41.7. The summed E-state index contributed by atoms with van der Waals surface area (Å²) >= 11 is 0. The van der Waals surface area contributed by atoms with E-state index in [9.17, 15) is 37.2 Å². The van der Waals surface area contributed by atoms with Gasteiger partial charge in [-0.1, -0.05) is 6.08 Å². The average Bonchev–Trinajstić information content (AvgIpc) is 4.12. The summed E-state index contributed by atoms with van der Waals surface area (Å²) in [6.07, 6.45) is 2.29. The summed E-state index contributed by atoms with van der Waals surface area (Å²) in [6, 6.07) is 3.67. The Morgan fingerprint density at radius 1 is 1.08 bits per heavy atom. The van der Waals surface area contributed by atoms with Crippen molar-refractivity contribution >= 4 is 56.5 Å². The number of hydrogen-bond acceptors (Lipinski definition) is 13. The van der Waals surface area contributed by atoms with Gasteiger partial charge in [0, 0.05) is 30.3 Å². The Kier molecular flexibility index (Phi) is 11.3. The van der Waals surface area contributed by atoms with E-state index in [0.29, 0.717) is 36.8 Å². The van der Waals surface area contributed by atoms with Gasteiger partial charge in [0.1, 0.15) is 47.2 Å². The highest BCUT2D eigenvalue weighted by atomic mass is 32.2. The van der Waals surface area contributed by atoms with Crippen molar-refractivity contribution in [2.75, 3.05) is 20.2 Å². The van der Waals surface area contributed by atoms with Gasteiger partial charge in [0.25, 0.3) is 5.91 Å². The van der Waals surface area contributed by atoms with Crippen LogP contribution in [-0.2, 0) is 43.5 Å². The maximum Gasteiger partial charge on any atom is 0.408 e. The van der Waals surface area contributed by atoms with Gasteiger partial charge in [0.15, 0.2) is 0 Å². The number of nitrogens with zero attached hydrogens (tertiary/aromatic N) is 3.